The van der Waals surface area contributed by atoms with Crippen LogP contribution >= 0.6 is 0 Å². The van der Waals surface area contributed by atoms with Crippen molar-refractivity contribution in [3.8, 4) is 0 Å². The van der Waals surface area contributed by atoms with Crippen LogP contribution in [0, 0.1) is 23.2 Å². The van der Waals surface area contributed by atoms with Crippen molar-refractivity contribution < 1.29 is 9.59 Å². The second-order valence-corrected chi connectivity index (χ2v) is 13.6. The van der Waals surface area contributed by atoms with Crippen LogP contribution in [0.4, 0.5) is 5.69 Å². The molecule has 1 saturated carbocycles. The molecule has 1 aromatic carbocycles. The molecule has 0 aromatic heterocycles. The predicted octanol–water partition coefficient (Wildman–Crippen LogP) is 5.18. The molecule has 0 radical (unpaired) electrons. The van der Waals surface area contributed by atoms with Gasteiger partial charge in [-0.2, -0.15) is 0 Å². The van der Waals surface area contributed by atoms with Gasteiger partial charge in [-0.05, 0) is 86.1 Å². The van der Waals surface area contributed by atoms with E-state index in [1.54, 1.807) is 0 Å². The molecule has 1 aliphatic carbocycles. The summed E-state index contributed by atoms with van der Waals surface area (Å²) in [4.78, 5) is 31.5. The molecule has 5 rings (SSSR count). The maximum Gasteiger partial charge on any atom is 0.166 e. The second-order valence-electron chi connectivity index (χ2n) is 13.6. The van der Waals surface area contributed by atoms with Gasteiger partial charge in [-0.25, -0.2) is 0 Å². The molecular weight excluding hydrogens is 510 g/mol. The van der Waals surface area contributed by atoms with Gasteiger partial charge in [0.1, 0.15) is 0 Å². The lowest BCUT2D eigenvalue weighted by Crippen LogP contribution is -2.61. The first-order valence-corrected chi connectivity index (χ1v) is 16.1. The van der Waals surface area contributed by atoms with E-state index in [0.717, 1.165) is 55.6 Å². The lowest BCUT2D eigenvalue weighted by atomic mass is 9.71. The molecule has 4 fully saturated rings. The van der Waals surface area contributed by atoms with Crippen LogP contribution in [0.15, 0.2) is 41.9 Å². The van der Waals surface area contributed by atoms with Gasteiger partial charge in [-0.1, -0.05) is 33.1 Å². The summed E-state index contributed by atoms with van der Waals surface area (Å²) in [6.45, 7) is 11.5. The van der Waals surface area contributed by atoms with E-state index < -0.39 is 0 Å². The van der Waals surface area contributed by atoms with Crippen LogP contribution in [-0.4, -0.2) is 67.7 Å². The SMILES string of the molecule is CC(C)C(=O)c1cc(N2CCC(CN3CC4(CCN(/C(N)=C/C=C(\N)C5CCCCC5)CC4)C3)CC2)ccc1C=O. The first kappa shape index (κ1) is 29.7. The maximum atomic E-state index is 12.7. The monoisotopic (exact) mass is 561 g/mol. The van der Waals surface area contributed by atoms with Gasteiger partial charge in [-0.3, -0.25) is 9.59 Å². The zero-order chi connectivity index (χ0) is 29.0. The molecule has 0 bridgehead atoms. The Morgan fingerprint density at radius 2 is 1.66 bits per heavy atom. The summed E-state index contributed by atoms with van der Waals surface area (Å²) in [5.41, 5.74) is 16.4. The largest absolute Gasteiger partial charge is 0.402 e. The molecule has 4 aliphatic rings. The van der Waals surface area contributed by atoms with Gasteiger partial charge in [0.05, 0.1) is 5.82 Å². The number of nitrogens with two attached hydrogens (primary N) is 2. The second kappa shape index (κ2) is 13.0. The van der Waals surface area contributed by atoms with E-state index in [-0.39, 0.29) is 11.7 Å². The molecule has 224 valence electrons. The first-order valence-electron chi connectivity index (χ1n) is 16.1. The van der Waals surface area contributed by atoms with E-state index in [9.17, 15) is 9.59 Å². The number of ketones is 1. The Labute approximate surface area is 247 Å². The number of hydrogen-bond donors (Lipinski definition) is 2. The minimum atomic E-state index is -0.122. The smallest absolute Gasteiger partial charge is 0.166 e. The summed E-state index contributed by atoms with van der Waals surface area (Å²) in [5, 5.41) is 0. The van der Waals surface area contributed by atoms with Gasteiger partial charge in [-0.15, -0.1) is 0 Å². The maximum absolute atomic E-state index is 12.7. The molecule has 0 amide bonds. The molecule has 1 aromatic rings. The number of Topliss-reactive ketones (excluding diaryl/α,β-unsaturated/α-hetero) is 1. The van der Waals surface area contributed by atoms with Crippen LogP contribution in [0.3, 0.4) is 0 Å². The number of benzene rings is 1. The van der Waals surface area contributed by atoms with Crippen molar-refractivity contribution in [1.29, 1.82) is 0 Å². The van der Waals surface area contributed by atoms with Crippen LogP contribution in [0.25, 0.3) is 0 Å². The van der Waals surface area contributed by atoms with Gasteiger partial charge >= 0.3 is 0 Å². The van der Waals surface area contributed by atoms with E-state index in [4.69, 9.17) is 11.5 Å². The fraction of sp³-hybridized carbons (Fsp3) is 0.647. The molecule has 4 N–H and O–H groups in total. The summed E-state index contributed by atoms with van der Waals surface area (Å²) in [6.07, 6.45) is 16.0. The Balaban J connectivity index is 1.05. The fourth-order valence-electron chi connectivity index (χ4n) is 7.55. The number of piperidine rings is 2. The highest BCUT2D eigenvalue weighted by Crippen LogP contribution is 2.42. The summed E-state index contributed by atoms with van der Waals surface area (Å²) >= 11 is 0. The number of hydrogen-bond acceptors (Lipinski definition) is 7. The number of carbonyl (C=O) groups excluding carboxylic acids is 2. The molecule has 3 heterocycles. The van der Waals surface area contributed by atoms with Crippen LogP contribution in [0.1, 0.15) is 92.4 Å². The highest BCUT2D eigenvalue weighted by Gasteiger charge is 2.45. The lowest BCUT2D eigenvalue weighted by Gasteiger charge is -2.55. The number of anilines is 1. The molecule has 3 saturated heterocycles. The minimum absolute atomic E-state index is 0.0382. The molecule has 0 unspecified atom stereocenters. The Morgan fingerprint density at radius 1 is 0.976 bits per heavy atom. The summed E-state index contributed by atoms with van der Waals surface area (Å²) < 4.78 is 0. The van der Waals surface area contributed by atoms with Crippen molar-refractivity contribution >= 4 is 17.8 Å². The standard InChI is InChI=1S/C34H51N5O2/c1-25(2)33(41)30-20-29(9-8-28(30)22-40)38-16-12-26(13-17-38)21-37-23-34(24-37)14-18-39(19-15-34)32(36)11-10-31(35)27-6-4-3-5-7-27/h8-11,20,22,25-27H,3-7,12-19,21,23-24,35-36H2,1-2H3/b31-10-,32-11+. The third-order valence-electron chi connectivity index (χ3n) is 10.3. The number of aldehydes is 1. The fourth-order valence-corrected chi connectivity index (χ4v) is 7.55. The molecular formula is C34H51N5O2. The summed E-state index contributed by atoms with van der Waals surface area (Å²) in [5.74, 6) is 2.03. The van der Waals surface area contributed by atoms with Crippen molar-refractivity contribution in [3.05, 3.63) is 53.0 Å². The van der Waals surface area contributed by atoms with Crippen LogP contribution < -0.4 is 16.4 Å². The van der Waals surface area contributed by atoms with Crippen LogP contribution in [0.2, 0.25) is 0 Å². The van der Waals surface area contributed by atoms with Gasteiger partial charge in [0.15, 0.2) is 12.1 Å². The summed E-state index contributed by atoms with van der Waals surface area (Å²) in [7, 11) is 0. The van der Waals surface area contributed by atoms with E-state index in [2.05, 4.69) is 20.8 Å². The normalized spacial score (nSPS) is 23.2. The van der Waals surface area contributed by atoms with Crippen molar-refractivity contribution in [2.45, 2.75) is 71.6 Å². The number of likely N-dealkylation sites (tertiary alicyclic amines) is 2. The number of allylic oxidation sites excluding steroid dienone is 3. The third-order valence-corrected chi connectivity index (χ3v) is 10.3. The predicted molar refractivity (Wildman–Crippen MR) is 167 cm³/mol. The van der Waals surface area contributed by atoms with E-state index in [1.807, 2.05) is 38.1 Å². The van der Waals surface area contributed by atoms with Crippen LogP contribution in [-0.2, 0) is 0 Å². The molecule has 0 atom stereocenters. The number of carbonyl (C=O) groups is 2. The van der Waals surface area contributed by atoms with Gasteiger partial charge in [0, 0.05) is 74.2 Å². The van der Waals surface area contributed by atoms with Crippen molar-refractivity contribution in [3.63, 3.8) is 0 Å². The quantitative estimate of drug-likeness (QED) is 0.244. The summed E-state index contributed by atoms with van der Waals surface area (Å²) in [6, 6.07) is 5.74. The Morgan fingerprint density at radius 3 is 2.29 bits per heavy atom. The topological polar surface area (TPSA) is 95.9 Å². The highest BCUT2D eigenvalue weighted by molar-refractivity contribution is 6.04. The van der Waals surface area contributed by atoms with E-state index in [0.29, 0.717) is 22.5 Å². The average molecular weight is 562 g/mol. The first-order chi connectivity index (χ1) is 19.8. The number of rotatable bonds is 9. The Hall–Kier alpha value is -2.80. The molecule has 7 heteroatoms. The molecule has 41 heavy (non-hydrogen) atoms. The van der Waals surface area contributed by atoms with Crippen molar-refractivity contribution in [1.82, 2.24) is 9.80 Å². The zero-order valence-electron chi connectivity index (χ0n) is 25.3. The van der Waals surface area contributed by atoms with Gasteiger partial charge in [0.2, 0.25) is 0 Å². The van der Waals surface area contributed by atoms with Crippen molar-refractivity contribution in [2.24, 2.45) is 34.6 Å². The number of nitrogens with zero attached hydrogens (tertiary/aromatic N) is 3. The van der Waals surface area contributed by atoms with E-state index in [1.165, 1.54) is 77.4 Å². The van der Waals surface area contributed by atoms with E-state index >= 15 is 0 Å². The van der Waals surface area contributed by atoms with Gasteiger partial charge < -0.3 is 26.2 Å². The molecule has 3 aliphatic heterocycles. The van der Waals surface area contributed by atoms with Crippen molar-refractivity contribution in [2.75, 3.05) is 50.7 Å². The minimum Gasteiger partial charge on any atom is -0.402 e. The highest BCUT2D eigenvalue weighted by atomic mass is 16.1. The van der Waals surface area contributed by atoms with Gasteiger partial charge in [0.25, 0.3) is 0 Å². The average Bonchev–Trinajstić information content (AvgIpc) is 2.99. The molecule has 1 spiro atoms. The Kier molecular flexibility index (Phi) is 9.42. The Bertz CT molecular complexity index is 1130. The third kappa shape index (κ3) is 6.99. The van der Waals surface area contributed by atoms with Crippen LogP contribution in [0.5, 0.6) is 0 Å². The zero-order valence-corrected chi connectivity index (χ0v) is 25.3. The molecule has 7 nitrogen and oxygen atoms in total. The lowest BCUT2D eigenvalue weighted by molar-refractivity contribution is -0.0497.